The summed E-state index contributed by atoms with van der Waals surface area (Å²) in [5.74, 6) is 0.360. The zero-order chi connectivity index (χ0) is 26.4. The van der Waals surface area contributed by atoms with Gasteiger partial charge in [0.15, 0.2) is 0 Å². The zero-order valence-electron chi connectivity index (χ0n) is 21.9. The molecule has 1 aliphatic carbocycles. The monoisotopic (exact) mass is 510 g/mol. The molecule has 200 valence electrons. The molecule has 1 saturated heterocycles. The molecule has 7 nitrogen and oxygen atoms in total. The molecule has 4 rings (SSSR count). The standard InChI is InChI=1S/C29H39FN4O3/c1-20(35)34-15-14-26(17-28(34)29(36)32-25-12-10-24(31)11-13-25)33(18-21-6-8-23(30)9-7-21)19-22-4-3-5-27(16-22)37-2/h3-9,16,24-26,28H,10-15,17-19,31H2,1-2H3,(H,32,36)/t24?,25?,26?,28-/m1/s1. The summed E-state index contributed by atoms with van der Waals surface area (Å²) in [5, 5.41) is 3.21. The van der Waals surface area contributed by atoms with Gasteiger partial charge in [-0.25, -0.2) is 4.39 Å². The largest absolute Gasteiger partial charge is 0.497 e. The van der Waals surface area contributed by atoms with Gasteiger partial charge in [-0.15, -0.1) is 0 Å². The van der Waals surface area contributed by atoms with Crippen LogP contribution >= 0.6 is 0 Å². The number of hydrogen-bond donors (Lipinski definition) is 2. The van der Waals surface area contributed by atoms with Gasteiger partial charge in [-0.2, -0.15) is 0 Å². The number of hydrogen-bond acceptors (Lipinski definition) is 5. The Morgan fingerprint density at radius 1 is 1.05 bits per heavy atom. The smallest absolute Gasteiger partial charge is 0.243 e. The molecule has 1 heterocycles. The lowest BCUT2D eigenvalue weighted by molar-refractivity contribution is -0.142. The molecular formula is C29H39FN4O3. The van der Waals surface area contributed by atoms with Crippen LogP contribution in [0.25, 0.3) is 0 Å². The lowest BCUT2D eigenvalue weighted by atomic mass is 9.90. The molecule has 2 amide bonds. The molecule has 2 aromatic carbocycles. The summed E-state index contributed by atoms with van der Waals surface area (Å²) in [5.41, 5.74) is 8.13. The van der Waals surface area contributed by atoms with E-state index in [1.807, 2.05) is 18.2 Å². The number of benzene rings is 2. The third kappa shape index (κ3) is 7.29. The number of ether oxygens (including phenoxy) is 1. The lowest BCUT2D eigenvalue weighted by Gasteiger charge is -2.43. The highest BCUT2D eigenvalue weighted by Gasteiger charge is 2.38. The van der Waals surface area contributed by atoms with E-state index in [9.17, 15) is 14.0 Å². The normalized spacial score (nSPS) is 24.1. The van der Waals surface area contributed by atoms with E-state index < -0.39 is 6.04 Å². The summed E-state index contributed by atoms with van der Waals surface area (Å²) < 4.78 is 19.0. The molecule has 2 aliphatic rings. The first-order valence-electron chi connectivity index (χ1n) is 13.3. The summed E-state index contributed by atoms with van der Waals surface area (Å²) in [7, 11) is 1.65. The molecule has 2 atom stereocenters. The van der Waals surface area contributed by atoms with Crippen LogP contribution in [0.2, 0.25) is 0 Å². The second-order valence-corrected chi connectivity index (χ2v) is 10.4. The first-order chi connectivity index (χ1) is 17.8. The van der Waals surface area contributed by atoms with Crippen molar-refractivity contribution in [2.24, 2.45) is 5.73 Å². The van der Waals surface area contributed by atoms with Gasteiger partial charge in [0.2, 0.25) is 11.8 Å². The number of carbonyl (C=O) groups is 2. The predicted molar refractivity (Wildman–Crippen MR) is 141 cm³/mol. The highest BCUT2D eigenvalue weighted by Crippen LogP contribution is 2.27. The molecule has 0 spiro atoms. The average Bonchev–Trinajstić information content (AvgIpc) is 2.90. The topological polar surface area (TPSA) is 87.9 Å². The number of methoxy groups -OCH3 is 1. The minimum Gasteiger partial charge on any atom is -0.497 e. The fraction of sp³-hybridized carbons (Fsp3) is 0.517. The summed E-state index contributed by atoms with van der Waals surface area (Å²) in [6.07, 6.45) is 4.85. The van der Waals surface area contributed by atoms with Crippen LogP contribution in [0.1, 0.15) is 56.6 Å². The summed E-state index contributed by atoms with van der Waals surface area (Å²) >= 11 is 0. The second-order valence-electron chi connectivity index (χ2n) is 10.4. The molecule has 37 heavy (non-hydrogen) atoms. The quantitative estimate of drug-likeness (QED) is 0.567. The maximum atomic E-state index is 13.6. The van der Waals surface area contributed by atoms with Gasteiger partial charge in [0.25, 0.3) is 0 Å². The minimum atomic E-state index is -0.520. The van der Waals surface area contributed by atoms with Crippen LogP contribution in [0.5, 0.6) is 5.75 Å². The van der Waals surface area contributed by atoms with Crippen molar-refractivity contribution in [2.45, 2.75) is 82.7 Å². The van der Waals surface area contributed by atoms with Gasteiger partial charge >= 0.3 is 0 Å². The Bertz CT molecular complexity index is 1060. The molecule has 1 aliphatic heterocycles. The molecular weight excluding hydrogens is 471 g/mol. The minimum absolute atomic E-state index is 0.0717. The van der Waals surface area contributed by atoms with Crippen molar-refractivity contribution in [3.63, 3.8) is 0 Å². The SMILES string of the molecule is COc1cccc(CN(Cc2ccc(F)cc2)C2CCN(C(C)=O)[C@@H](C(=O)NC3CCC(N)CC3)C2)c1. The van der Waals surface area contributed by atoms with Gasteiger partial charge in [-0.3, -0.25) is 14.5 Å². The van der Waals surface area contributed by atoms with Crippen molar-refractivity contribution in [3.8, 4) is 5.75 Å². The molecule has 0 aromatic heterocycles. The predicted octanol–water partition coefficient (Wildman–Crippen LogP) is 3.60. The fourth-order valence-electron chi connectivity index (χ4n) is 5.61. The molecule has 2 fully saturated rings. The maximum Gasteiger partial charge on any atom is 0.243 e. The van der Waals surface area contributed by atoms with E-state index in [2.05, 4.69) is 16.3 Å². The highest BCUT2D eigenvalue weighted by molar-refractivity contribution is 5.87. The van der Waals surface area contributed by atoms with E-state index in [-0.39, 0.29) is 35.8 Å². The first kappa shape index (κ1) is 27.1. The number of rotatable bonds is 8. The van der Waals surface area contributed by atoms with Crippen molar-refractivity contribution in [1.82, 2.24) is 15.1 Å². The first-order valence-corrected chi connectivity index (χ1v) is 13.3. The Morgan fingerprint density at radius 3 is 2.43 bits per heavy atom. The van der Waals surface area contributed by atoms with Gasteiger partial charge in [-0.1, -0.05) is 24.3 Å². The van der Waals surface area contributed by atoms with E-state index in [1.54, 1.807) is 24.1 Å². The van der Waals surface area contributed by atoms with Crippen molar-refractivity contribution < 1.29 is 18.7 Å². The van der Waals surface area contributed by atoms with Gasteiger partial charge in [0, 0.05) is 44.7 Å². The van der Waals surface area contributed by atoms with Crippen LogP contribution < -0.4 is 15.8 Å². The van der Waals surface area contributed by atoms with Crippen LogP contribution in [0.4, 0.5) is 4.39 Å². The van der Waals surface area contributed by atoms with Gasteiger partial charge in [-0.05, 0) is 73.9 Å². The summed E-state index contributed by atoms with van der Waals surface area (Å²) in [4.78, 5) is 30.0. The van der Waals surface area contributed by atoms with Gasteiger partial charge < -0.3 is 20.7 Å². The molecule has 1 saturated carbocycles. The van der Waals surface area contributed by atoms with E-state index >= 15 is 0 Å². The van der Waals surface area contributed by atoms with Crippen LogP contribution in [-0.4, -0.2) is 59.4 Å². The van der Waals surface area contributed by atoms with E-state index in [0.717, 1.165) is 49.0 Å². The number of nitrogens with zero attached hydrogens (tertiary/aromatic N) is 2. The Kier molecular flexibility index (Phi) is 9.16. The number of carbonyl (C=O) groups excluding carboxylic acids is 2. The second kappa shape index (κ2) is 12.5. The fourth-order valence-corrected chi connectivity index (χ4v) is 5.61. The Labute approximate surface area is 219 Å². The van der Waals surface area contributed by atoms with Crippen LogP contribution in [-0.2, 0) is 22.7 Å². The molecule has 8 heteroatoms. The number of likely N-dealkylation sites (tertiary alicyclic amines) is 1. The molecule has 0 radical (unpaired) electrons. The van der Waals surface area contributed by atoms with Crippen LogP contribution in [0.3, 0.4) is 0 Å². The lowest BCUT2D eigenvalue weighted by Crippen LogP contribution is -2.58. The number of amides is 2. The van der Waals surface area contributed by atoms with E-state index in [1.165, 1.54) is 19.1 Å². The Balaban J connectivity index is 1.53. The zero-order valence-corrected chi connectivity index (χ0v) is 21.9. The average molecular weight is 511 g/mol. The van der Waals surface area contributed by atoms with Crippen molar-refractivity contribution in [2.75, 3.05) is 13.7 Å². The molecule has 0 bridgehead atoms. The molecule has 2 aromatic rings. The number of nitrogens with one attached hydrogen (secondary N) is 1. The number of nitrogens with two attached hydrogens (primary N) is 1. The summed E-state index contributed by atoms with van der Waals surface area (Å²) in [6.45, 7) is 3.31. The van der Waals surface area contributed by atoms with Gasteiger partial charge in [0.05, 0.1) is 7.11 Å². The van der Waals surface area contributed by atoms with E-state index in [4.69, 9.17) is 10.5 Å². The van der Waals surface area contributed by atoms with Gasteiger partial charge in [0.1, 0.15) is 17.6 Å². The van der Waals surface area contributed by atoms with Crippen LogP contribution in [0.15, 0.2) is 48.5 Å². The Morgan fingerprint density at radius 2 is 1.76 bits per heavy atom. The Hall–Kier alpha value is -2.97. The van der Waals surface area contributed by atoms with Crippen LogP contribution in [0, 0.1) is 5.82 Å². The van der Waals surface area contributed by atoms with Crippen molar-refractivity contribution >= 4 is 11.8 Å². The molecule has 1 unspecified atom stereocenters. The summed E-state index contributed by atoms with van der Waals surface area (Å²) in [6, 6.07) is 14.4. The molecule has 3 N–H and O–H groups in total. The van der Waals surface area contributed by atoms with Crippen molar-refractivity contribution in [1.29, 1.82) is 0 Å². The number of piperidine rings is 1. The third-order valence-corrected chi connectivity index (χ3v) is 7.74. The number of halogens is 1. The van der Waals surface area contributed by atoms with E-state index in [0.29, 0.717) is 26.1 Å². The third-order valence-electron chi connectivity index (χ3n) is 7.74. The highest BCUT2D eigenvalue weighted by atomic mass is 19.1. The van der Waals surface area contributed by atoms with Crippen molar-refractivity contribution in [3.05, 3.63) is 65.5 Å². The maximum absolute atomic E-state index is 13.6.